The van der Waals surface area contributed by atoms with Crippen LogP contribution in [0.4, 0.5) is 0 Å². The number of carbonyl (C=O) groups is 3. The highest BCUT2D eigenvalue weighted by atomic mass is 16.6. The monoisotopic (exact) mass is 401 g/mol. The van der Waals surface area contributed by atoms with Gasteiger partial charge in [-0.15, -0.1) is 0 Å². The zero-order valence-electron chi connectivity index (χ0n) is 17.1. The molecule has 29 heavy (non-hydrogen) atoms. The number of morpholine rings is 1. The van der Waals surface area contributed by atoms with Gasteiger partial charge in [-0.05, 0) is 38.8 Å². The van der Waals surface area contributed by atoms with Gasteiger partial charge in [-0.1, -0.05) is 42.0 Å². The Kier molecular flexibility index (Phi) is 7.47. The Morgan fingerprint density at radius 1 is 1.28 bits per heavy atom. The molecule has 0 unspecified atom stereocenters. The summed E-state index contributed by atoms with van der Waals surface area (Å²) in [7, 11) is 1.33. The van der Waals surface area contributed by atoms with Gasteiger partial charge < -0.3 is 19.9 Å². The van der Waals surface area contributed by atoms with E-state index in [1.54, 1.807) is 50.3 Å². The van der Waals surface area contributed by atoms with E-state index in [4.69, 9.17) is 14.6 Å². The maximum atomic E-state index is 12.7. The highest BCUT2D eigenvalue weighted by molar-refractivity contribution is 6.21. The smallest absolute Gasteiger partial charge is 0.337 e. The van der Waals surface area contributed by atoms with Crippen molar-refractivity contribution in [1.82, 2.24) is 5.32 Å². The number of epoxide rings is 1. The second-order valence-corrected chi connectivity index (χ2v) is 6.91. The molecule has 0 aromatic heterocycles. The van der Waals surface area contributed by atoms with Crippen molar-refractivity contribution in [2.24, 2.45) is 0 Å². The Hall–Kier alpha value is -2.77. The number of allylic oxidation sites excluding steroid dienone is 7. The Morgan fingerprint density at radius 2 is 2.00 bits per heavy atom. The fourth-order valence-corrected chi connectivity index (χ4v) is 3.23. The molecule has 0 aliphatic carbocycles. The Bertz CT molecular complexity index is 832. The molecule has 0 bridgehead atoms. The molecule has 0 saturated carbocycles. The summed E-state index contributed by atoms with van der Waals surface area (Å²) in [5, 5.41) is 11.7. The number of methoxy groups -OCH3 is 1. The molecule has 2 aliphatic rings. The van der Waals surface area contributed by atoms with Crippen molar-refractivity contribution in [3.63, 3.8) is 0 Å². The van der Waals surface area contributed by atoms with Crippen molar-refractivity contribution in [2.45, 2.75) is 44.9 Å². The first-order valence-corrected chi connectivity index (χ1v) is 9.40. The number of hydrogen-bond donors (Lipinski definition) is 2. The number of Topliss-reactive ketones (excluding diaryl/α,β-unsaturated/α-hetero) is 1. The molecular formula is C22H27NO6. The lowest BCUT2D eigenvalue weighted by Gasteiger charge is -2.10. The number of fused-ring (bicyclic) bond motifs is 1. The van der Waals surface area contributed by atoms with E-state index in [1.807, 2.05) is 13.0 Å². The van der Waals surface area contributed by atoms with Crippen LogP contribution in [0.25, 0.3) is 0 Å². The van der Waals surface area contributed by atoms with Gasteiger partial charge in [0.25, 0.3) is 5.91 Å². The average Bonchev–Trinajstić information content (AvgIpc) is 3.41. The van der Waals surface area contributed by atoms with Crippen LogP contribution in [0, 0.1) is 0 Å². The van der Waals surface area contributed by atoms with Crippen molar-refractivity contribution < 1.29 is 29.0 Å². The van der Waals surface area contributed by atoms with Gasteiger partial charge in [0.15, 0.2) is 0 Å². The standard InChI is InChI=1S/C22H27NO6/c1-5-16(20(26)28-4)13-14(2)9-7-6-8-10-15(3)18(25)22-19(29-22)17(11-12-24)23-21(22)27/h5-10,13,17,19,24H,11-12H2,1-4H3,(H,23,27)/b8-6+,9-7+,14-13+,15-10+,16-5+/t17-,19+,22+/m0/s1. The minimum absolute atomic E-state index is 0.0813. The van der Waals surface area contributed by atoms with Gasteiger partial charge in [-0.25, -0.2) is 4.79 Å². The lowest BCUT2D eigenvalue weighted by atomic mass is 9.94. The minimum atomic E-state index is -1.43. The van der Waals surface area contributed by atoms with E-state index in [9.17, 15) is 14.4 Å². The molecule has 2 heterocycles. The lowest BCUT2D eigenvalue weighted by Crippen LogP contribution is -2.39. The van der Waals surface area contributed by atoms with E-state index in [2.05, 4.69) is 5.32 Å². The number of hydrogen-bond acceptors (Lipinski definition) is 6. The normalized spacial score (nSPS) is 27.3. The molecule has 156 valence electrons. The minimum Gasteiger partial charge on any atom is -0.465 e. The van der Waals surface area contributed by atoms with Crippen molar-refractivity contribution in [3.8, 4) is 0 Å². The number of esters is 1. The lowest BCUT2D eigenvalue weighted by molar-refractivity contribution is -0.136. The largest absolute Gasteiger partial charge is 0.465 e. The van der Waals surface area contributed by atoms with Crippen molar-refractivity contribution in [1.29, 1.82) is 0 Å². The first-order valence-electron chi connectivity index (χ1n) is 9.40. The van der Waals surface area contributed by atoms with Gasteiger partial charge in [-0.2, -0.15) is 0 Å². The van der Waals surface area contributed by atoms with Crippen LogP contribution in [0.2, 0.25) is 0 Å². The van der Waals surface area contributed by atoms with Crippen LogP contribution in [0.5, 0.6) is 0 Å². The number of ether oxygens (including phenoxy) is 2. The van der Waals surface area contributed by atoms with Crippen LogP contribution in [0.1, 0.15) is 27.2 Å². The summed E-state index contributed by atoms with van der Waals surface area (Å²) in [4.78, 5) is 36.4. The summed E-state index contributed by atoms with van der Waals surface area (Å²) < 4.78 is 10.1. The molecule has 7 nitrogen and oxygen atoms in total. The number of nitrogens with one attached hydrogen (secondary N) is 1. The molecule has 0 aromatic rings. The highest BCUT2D eigenvalue weighted by Crippen LogP contribution is 2.46. The van der Waals surface area contributed by atoms with Crippen LogP contribution in [0.15, 0.2) is 59.3 Å². The fraction of sp³-hybridized carbons (Fsp3) is 0.409. The number of aliphatic hydroxyl groups excluding tert-OH is 1. The van der Waals surface area contributed by atoms with E-state index in [-0.39, 0.29) is 18.4 Å². The molecule has 0 aromatic carbocycles. The van der Waals surface area contributed by atoms with Crippen molar-refractivity contribution >= 4 is 17.7 Å². The zero-order valence-corrected chi connectivity index (χ0v) is 17.1. The predicted molar refractivity (Wildman–Crippen MR) is 108 cm³/mol. The molecule has 7 heteroatoms. The summed E-state index contributed by atoms with van der Waals surface area (Å²) >= 11 is 0. The number of rotatable bonds is 9. The Labute approximate surface area is 170 Å². The molecule has 2 N–H and O–H groups in total. The quantitative estimate of drug-likeness (QED) is 0.200. The van der Waals surface area contributed by atoms with Crippen LogP contribution in [-0.2, 0) is 23.9 Å². The third kappa shape index (κ3) is 4.81. The summed E-state index contributed by atoms with van der Waals surface area (Å²) in [6, 6.07) is -0.329. The predicted octanol–water partition coefficient (Wildman–Crippen LogP) is 1.70. The van der Waals surface area contributed by atoms with Gasteiger partial charge in [-0.3, -0.25) is 9.59 Å². The SMILES string of the molecule is C\C=C(/C=C(C)/C=C/C=C/C=C(\C)C(=O)[C@@]12O[C@@H]1[C@H](CCO)NC2=O)C(=O)OC. The number of ketones is 1. The molecule has 2 fully saturated rings. The third-order valence-electron chi connectivity index (χ3n) is 4.85. The van der Waals surface area contributed by atoms with E-state index in [0.717, 1.165) is 5.57 Å². The molecule has 1 amide bonds. The highest BCUT2D eigenvalue weighted by Gasteiger charge is 2.74. The first-order chi connectivity index (χ1) is 13.8. The maximum absolute atomic E-state index is 12.7. The number of amides is 1. The van der Waals surface area contributed by atoms with Crippen LogP contribution in [-0.4, -0.2) is 54.2 Å². The molecule has 0 radical (unpaired) electrons. The van der Waals surface area contributed by atoms with E-state index in [0.29, 0.717) is 17.6 Å². The van der Waals surface area contributed by atoms with Crippen molar-refractivity contribution in [3.05, 3.63) is 59.3 Å². The molecule has 0 spiro atoms. The topological polar surface area (TPSA) is 105 Å². The van der Waals surface area contributed by atoms with Gasteiger partial charge in [0.2, 0.25) is 11.4 Å². The molecule has 2 aliphatic heterocycles. The molecule has 2 rings (SSSR count). The maximum Gasteiger partial charge on any atom is 0.337 e. The third-order valence-corrected chi connectivity index (χ3v) is 4.85. The first kappa shape index (κ1) is 22.5. The molecule has 2 saturated heterocycles. The second-order valence-electron chi connectivity index (χ2n) is 6.91. The van der Waals surface area contributed by atoms with Crippen LogP contribution < -0.4 is 5.32 Å². The number of aliphatic hydroxyl groups is 1. The Balaban J connectivity index is 1.97. The second kappa shape index (κ2) is 9.62. The number of carbonyl (C=O) groups excluding carboxylic acids is 3. The van der Waals surface area contributed by atoms with Gasteiger partial charge in [0.05, 0.1) is 18.7 Å². The van der Waals surface area contributed by atoms with Crippen molar-refractivity contribution in [2.75, 3.05) is 13.7 Å². The van der Waals surface area contributed by atoms with Crippen LogP contribution >= 0.6 is 0 Å². The summed E-state index contributed by atoms with van der Waals surface area (Å²) in [5.74, 6) is -1.19. The molecular weight excluding hydrogens is 374 g/mol. The van der Waals surface area contributed by atoms with Gasteiger partial charge in [0, 0.05) is 6.61 Å². The summed E-state index contributed by atoms with van der Waals surface area (Å²) in [6.45, 7) is 5.17. The van der Waals surface area contributed by atoms with Gasteiger partial charge >= 0.3 is 5.97 Å². The van der Waals surface area contributed by atoms with E-state index >= 15 is 0 Å². The summed E-state index contributed by atoms with van der Waals surface area (Å²) in [5.41, 5.74) is 0.300. The zero-order chi connectivity index (χ0) is 21.6. The summed E-state index contributed by atoms with van der Waals surface area (Å²) in [6.07, 6.45) is 11.9. The molecule has 3 atom stereocenters. The van der Waals surface area contributed by atoms with Crippen LogP contribution in [0.3, 0.4) is 0 Å². The van der Waals surface area contributed by atoms with Gasteiger partial charge in [0.1, 0.15) is 6.10 Å². The van der Waals surface area contributed by atoms with E-state index in [1.165, 1.54) is 7.11 Å². The Morgan fingerprint density at radius 3 is 2.59 bits per heavy atom. The fourth-order valence-electron chi connectivity index (χ4n) is 3.23. The average molecular weight is 401 g/mol. The van der Waals surface area contributed by atoms with E-state index < -0.39 is 23.6 Å².